The first-order valence-electron chi connectivity index (χ1n) is 9.58. The number of carboxylic acid groups (broad SMARTS) is 1. The van der Waals surface area contributed by atoms with Crippen LogP contribution in [0.4, 0.5) is 0 Å². The molecule has 0 radical (unpaired) electrons. The van der Waals surface area contributed by atoms with E-state index in [0.717, 1.165) is 0 Å². The van der Waals surface area contributed by atoms with Crippen LogP contribution in [-0.4, -0.2) is 89.2 Å². The number of guanidine groups is 1. The zero-order valence-electron chi connectivity index (χ0n) is 17.7. The van der Waals surface area contributed by atoms with Gasteiger partial charge in [-0.25, -0.2) is 4.79 Å². The SMILES string of the molecule is CSCCC(N)C(=O)NC(C)C(=O)NC(CO)C(=O)NC(CCCN=C(N)N)C(=O)O. The van der Waals surface area contributed by atoms with Crippen molar-refractivity contribution in [3.05, 3.63) is 0 Å². The first kappa shape index (κ1) is 28.4. The molecule has 0 aromatic heterocycles. The smallest absolute Gasteiger partial charge is 0.326 e. The lowest BCUT2D eigenvalue weighted by atomic mass is 10.1. The van der Waals surface area contributed by atoms with Gasteiger partial charge in [0.2, 0.25) is 17.7 Å². The third kappa shape index (κ3) is 12.0. The third-order valence-electron chi connectivity index (χ3n) is 4.10. The Kier molecular flexibility index (Phi) is 14.0. The van der Waals surface area contributed by atoms with Crippen LogP contribution in [0.3, 0.4) is 0 Å². The second-order valence-electron chi connectivity index (χ2n) is 6.71. The van der Waals surface area contributed by atoms with Crippen molar-refractivity contribution in [3.63, 3.8) is 0 Å². The molecule has 0 rings (SSSR count). The summed E-state index contributed by atoms with van der Waals surface area (Å²) in [5, 5.41) is 25.7. The van der Waals surface area contributed by atoms with Crippen molar-refractivity contribution in [1.82, 2.24) is 16.0 Å². The fourth-order valence-electron chi connectivity index (χ4n) is 2.29. The molecule has 3 amide bonds. The Hall–Kier alpha value is -2.58. The second kappa shape index (κ2) is 15.3. The molecule has 178 valence electrons. The van der Waals surface area contributed by atoms with Crippen molar-refractivity contribution in [3.8, 4) is 0 Å². The van der Waals surface area contributed by atoms with Crippen molar-refractivity contribution >= 4 is 41.4 Å². The Bertz CT molecular complexity index is 644. The number of aliphatic imine (C=N–C) groups is 1. The highest BCUT2D eigenvalue weighted by Crippen LogP contribution is 2.01. The van der Waals surface area contributed by atoms with Gasteiger partial charge < -0.3 is 43.4 Å². The molecule has 31 heavy (non-hydrogen) atoms. The standard InChI is InChI=1S/C17H33N7O6S/c1-9(22-14(27)10(18)5-7-31-2)13(26)24-12(8-25)15(28)23-11(16(29)30)4-3-6-21-17(19)20/h9-12,25H,3-8,18H2,1-2H3,(H,22,27)(H,23,28)(H,24,26)(H,29,30)(H4,19,20,21). The van der Waals surface area contributed by atoms with E-state index < -0.39 is 54.5 Å². The molecule has 0 bridgehead atoms. The number of hydrogen-bond donors (Lipinski definition) is 8. The molecular formula is C17H33N7O6S. The van der Waals surface area contributed by atoms with Crippen LogP contribution in [0.15, 0.2) is 4.99 Å². The number of thioether (sulfide) groups is 1. The molecular weight excluding hydrogens is 430 g/mol. The first-order chi connectivity index (χ1) is 14.5. The Morgan fingerprint density at radius 3 is 2.13 bits per heavy atom. The van der Waals surface area contributed by atoms with Crippen molar-refractivity contribution in [2.45, 2.75) is 50.4 Å². The molecule has 0 aromatic rings. The molecule has 14 heteroatoms. The van der Waals surface area contributed by atoms with E-state index in [1.807, 2.05) is 6.26 Å². The quantitative estimate of drug-likeness (QED) is 0.0683. The molecule has 11 N–H and O–H groups in total. The van der Waals surface area contributed by atoms with E-state index in [0.29, 0.717) is 12.2 Å². The highest BCUT2D eigenvalue weighted by molar-refractivity contribution is 7.98. The topological polar surface area (TPSA) is 235 Å². The summed E-state index contributed by atoms with van der Waals surface area (Å²) in [6.45, 7) is 0.800. The van der Waals surface area contributed by atoms with E-state index in [2.05, 4.69) is 20.9 Å². The number of nitrogens with one attached hydrogen (secondary N) is 3. The average molecular weight is 464 g/mol. The average Bonchev–Trinajstić information content (AvgIpc) is 2.71. The summed E-state index contributed by atoms with van der Waals surface area (Å²) in [5.74, 6) is -2.89. The minimum Gasteiger partial charge on any atom is -0.480 e. The van der Waals surface area contributed by atoms with Gasteiger partial charge in [-0.3, -0.25) is 19.4 Å². The van der Waals surface area contributed by atoms with Crippen molar-refractivity contribution in [1.29, 1.82) is 0 Å². The Morgan fingerprint density at radius 1 is 1.00 bits per heavy atom. The zero-order valence-corrected chi connectivity index (χ0v) is 18.5. The number of carbonyl (C=O) groups excluding carboxylic acids is 3. The molecule has 0 aliphatic rings. The molecule has 4 unspecified atom stereocenters. The fourth-order valence-corrected chi connectivity index (χ4v) is 2.78. The summed E-state index contributed by atoms with van der Waals surface area (Å²) in [6, 6.07) is -4.48. The lowest BCUT2D eigenvalue weighted by Crippen LogP contribution is -2.57. The molecule has 13 nitrogen and oxygen atoms in total. The summed E-state index contributed by atoms with van der Waals surface area (Å²) in [7, 11) is 0. The van der Waals surface area contributed by atoms with Crippen LogP contribution in [0.25, 0.3) is 0 Å². The predicted octanol–water partition coefficient (Wildman–Crippen LogP) is -3.33. The maximum absolute atomic E-state index is 12.3. The molecule has 0 saturated heterocycles. The van der Waals surface area contributed by atoms with Gasteiger partial charge in [-0.05, 0) is 38.2 Å². The molecule has 0 aliphatic heterocycles. The van der Waals surface area contributed by atoms with E-state index in [4.69, 9.17) is 17.2 Å². The number of amides is 3. The third-order valence-corrected chi connectivity index (χ3v) is 4.74. The summed E-state index contributed by atoms with van der Waals surface area (Å²) in [4.78, 5) is 51.6. The van der Waals surface area contributed by atoms with E-state index in [-0.39, 0.29) is 25.3 Å². The molecule has 4 atom stereocenters. The monoisotopic (exact) mass is 463 g/mol. The van der Waals surface area contributed by atoms with Crippen LogP contribution in [0.1, 0.15) is 26.2 Å². The number of carboxylic acids is 1. The normalized spacial score (nSPS) is 14.5. The zero-order chi connectivity index (χ0) is 24.0. The number of rotatable bonds is 15. The van der Waals surface area contributed by atoms with Crippen LogP contribution in [0.5, 0.6) is 0 Å². The minimum atomic E-state index is -1.41. The summed E-state index contributed by atoms with van der Waals surface area (Å²) >= 11 is 1.53. The van der Waals surface area contributed by atoms with E-state index in [1.54, 1.807) is 0 Å². The maximum atomic E-state index is 12.3. The number of nitrogens with two attached hydrogens (primary N) is 3. The lowest BCUT2D eigenvalue weighted by molar-refractivity contribution is -0.142. The van der Waals surface area contributed by atoms with Gasteiger partial charge in [-0.2, -0.15) is 11.8 Å². The second-order valence-corrected chi connectivity index (χ2v) is 7.70. The molecule has 0 aromatic carbocycles. The van der Waals surface area contributed by atoms with E-state index in [9.17, 15) is 29.4 Å². The number of aliphatic hydroxyl groups is 1. The van der Waals surface area contributed by atoms with Gasteiger partial charge in [0, 0.05) is 6.54 Å². The van der Waals surface area contributed by atoms with Crippen LogP contribution >= 0.6 is 11.8 Å². The van der Waals surface area contributed by atoms with Crippen LogP contribution < -0.4 is 33.2 Å². The van der Waals surface area contributed by atoms with Gasteiger partial charge >= 0.3 is 5.97 Å². The summed E-state index contributed by atoms with van der Waals surface area (Å²) < 4.78 is 0. The van der Waals surface area contributed by atoms with E-state index in [1.165, 1.54) is 18.7 Å². The molecule has 0 saturated carbocycles. The van der Waals surface area contributed by atoms with Gasteiger partial charge in [-0.15, -0.1) is 0 Å². The van der Waals surface area contributed by atoms with E-state index >= 15 is 0 Å². The fraction of sp³-hybridized carbons (Fsp3) is 0.706. The number of aliphatic carboxylic acids is 1. The number of carbonyl (C=O) groups is 4. The Balaban J connectivity index is 4.77. The molecule has 0 spiro atoms. The number of hydrogen-bond acceptors (Lipinski definition) is 8. The highest BCUT2D eigenvalue weighted by atomic mass is 32.2. The Labute approximate surface area is 185 Å². The summed E-state index contributed by atoms with van der Waals surface area (Å²) in [5.41, 5.74) is 16.1. The minimum absolute atomic E-state index is 0.0321. The van der Waals surface area contributed by atoms with Gasteiger partial charge in [0.25, 0.3) is 0 Å². The van der Waals surface area contributed by atoms with Crippen molar-refractivity contribution in [2.75, 3.05) is 25.2 Å². The van der Waals surface area contributed by atoms with Crippen molar-refractivity contribution < 1.29 is 29.4 Å². The first-order valence-corrected chi connectivity index (χ1v) is 11.0. The lowest BCUT2D eigenvalue weighted by Gasteiger charge is -2.22. The largest absolute Gasteiger partial charge is 0.480 e. The van der Waals surface area contributed by atoms with Gasteiger partial charge in [-0.1, -0.05) is 0 Å². The van der Waals surface area contributed by atoms with Gasteiger partial charge in [0.1, 0.15) is 18.1 Å². The predicted molar refractivity (Wildman–Crippen MR) is 117 cm³/mol. The molecule has 0 aliphatic carbocycles. The Morgan fingerprint density at radius 2 is 1.61 bits per heavy atom. The van der Waals surface area contributed by atoms with Crippen LogP contribution in [0.2, 0.25) is 0 Å². The highest BCUT2D eigenvalue weighted by Gasteiger charge is 2.28. The summed E-state index contributed by atoms with van der Waals surface area (Å²) in [6.07, 6.45) is 2.62. The molecule has 0 fully saturated rings. The van der Waals surface area contributed by atoms with Gasteiger partial charge in [0.05, 0.1) is 12.6 Å². The number of nitrogens with zero attached hydrogens (tertiary/aromatic N) is 1. The van der Waals surface area contributed by atoms with Crippen molar-refractivity contribution in [2.24, 2.45) is 22.2 Å². The van der Waals surface area contributed by atoms with Gasteiger partial charge in [0.15, 0.2) is 5.96 Å². The maximum Gasteiger partial charge on any atom is 0.326 e. The number of aliphatic hydroxyl groups excluding tert-OH is 1. The van der Waals surface area contributed by atoms with Crippen LogP contribution in [0, 0.1) is 0 Å². The van der Waals surface area contributed by atoms with Crippen LogP contribution in [-0.2, 0) is 19.2 Å². The molecule has 0 heterocycles.